The van der Waals surface area contributed by atoms with Gasteiger partial charge in [-0.15, -0.1) is 10.2 Å². The number of nitrogens with zero attached hydrogens (tertiary/aromatic N) is 2. The molecule has 5 heteroatoms. The maximum atomic E-state index is 12.2. The van der Waals surface area contributed by atoms with E-state index in [0.29, 0.717) is 22.9 Å². The molecule has 1 aromatic rings. The number of carbonyl (C=O) groups excluding carboxylic acids is 1. The highest BCUT2D eigenvalue weighted by Gasteiger charge is 2.39. The third-order valence-corrected chi connectivity index (χ3v) is 4.92. The number of aromatic nitrogens is 2. The van der Waals surface area contributed by atoms with Gasteiger partial charge in [0.1, 0.15) is 5.01 Å². The molecule has 3 atom stereocenters. The molecule has 0 spiro atoms. The van der Waals surface area contributed by atoms with Crippen LogP contribution in [-0.2, 0) is 4.79 Å². The second-order valence-electron chi connectivity index (χ2n) is 5.48. The molecule has 0 aliphatic heterocycles. The fourth-order valence-electron chi connectivity index (χ4n) is 2.80. The molecule has 4 nitrogen and oxygen atoms in total. The van der Waals surface area contributed by atoms with E-state index in [4.69, 9.17) is 0 Å². The van der Waals surface area contributed by atoms with E-state index in [1.54, 1.807) is 0 Å². The molecule has 2 bridgehead atoms. The van der Waals surface area contributed by atoms with Gasteiger partial charge >= 0.3 is 0 Å². The molecule has 1 amide bonds. The van der Waals surface area contributed by atoms with Crippen molar-refractivity contribution in [3.8, 4) is 0 Å². The lowest BCUT2D eigenvalue weighted by Gasteiger charge is -2.16. The van der Waals surface area contributed by atoms with Crippen molar-refractivity contribution in [2.24, 2.45) is 17.8 Å². The van der Waals surface area contributed by atoms with Crippen molar-refractivity contribution in [3.63, 3.8) is 0 Å². The summed E-state index contributed by atoms with van der Waals surface area (Å²) in [5.74, 6) is 1.65. The smallest absolute Gasteiger partial charge is 0.229 e. The van der Waals surface area contributed by atoms with Gasteiger partial charge in [-0.25, -0.2) is 0 Å². The lowest BCUT2D eigenvalue weighted by atomic mass is 9.93. The van der Waals surface area contributed by atoms with Crippen molar-refractivity contribution >= 4 is 22.4 Å². The van der Waals surface area contributed by atoms with E-state index in [-0.39, 0.29) is 11.8 Å². The van der Waals surface area contributed by atoms with Crippen LogP contribution < -0.4 is 5.32 Å². The third kappa shape index (κ3) is 2.07. The molecule has 2 aliphatic carbocycles. The summed E-state index contributed by atoms with van der Waals surface area (Å²) in [5, 5.41) is 12.6. The van der Waals surface area contributed by atoms with Crippen LogP contribution in [0, 0.1) is 17.8 Å². The minimum Gasteiger partial charge on any atom is -0.300 e. The van der Waals surface area contributed by atoms with Gasteiger partial charge < -0.3 is 5.32 Å². The summed E-state index contributed by atoms with van der Waals surface area (Å²) in [6.45, 7) is 4.15. The van der Waals surface area contributed by atoms with Gasteiger partial charge in [0.05, 0.1) is 0 Å². The molecule has 1 fully saturated rings. The third-order valence-electron chi connectivity index (χ3n) is 3.78. The van der Waals surface area contributed by atoms with Crippen LogP contribution in [0.3, 0.4) is 0 Å². The molecular weight excluding hydrogens is 246 g/mol. The average Bonchev–Trinajstić information content (AvgIpc) is 3.03. The first-order chi connectivity index (χ1) is 8.63. The highest BCUT2D eigenvalue weighted by molar-refractivity contribution is 7.15. The molecule has 0 aromatic carbocycles. The number of allylic oxidation sites excluding steroid dienone is 2. The summed E-state index contributed by atoms with van der Waals surface area (Å²) < 4.78 is 0. The average molecular weight is 263 g/mol. The lowest BCUT2D eigenvalue weighted by Crippen LogP contribution is -2.25. The van der Waals surface area contributed by atoms with Crippen molar-refractivity contribution in [2.75, 3.05) is 5.32 Å². The van der Waals surface area contributed by atoms with Crippen molar-refractivity contribution < 1.29 is 4.79 Å². The van der Waals surface area contributed by atoms with Gasteiger partial charge in [0.25, 0.3) is 0 Å². The predicted octanol–water partition coefficient (Wildman–Crippen LogP) is 2.81. The minimum atomic E-state index is 0.110. The van der Waals surface area contributed by atoms with Gasteiger partial charge in [0, 0.05) is 11.8 Å². The van der Waals surface area contributed by atoms with Crippen LogP contribution in [-0.4, -0.2) is 16.1 Å². The predicted molar refractivity (Wildman–Crippen MR) is 71.5 cm³/mol. The second-order valence-corrected chi connectivity index (χ2v) is 6.49. The van der Waals surface area contributed by atoms with E-state index >= 15 is 0 Å². The number of anilines is 1. The number of rotatable bonds is 3. The van der Waals surface area contributed by atoms with Gasteiger partial charge in [0.15, 0.2) is 0 Å². The Bertz CT molecular complexity index is 494. The Morgan fingerprint density at radius 1 is 1.39 bits per heavy atom. The molecule has 3 unspecified atom stereocenters. The zero-order valence-electron chi connectivity index (χ0n) is 10.6. The van der Waals surface area contributed by atoms with Crippen molar-refractivity contribution in [3.05, 3.63) is 17.2 Å². The summed E-state index contributed by atoms with van der Waals surface area (Å²) in [5.41, 5.74) is 0. The van der Waals surface area contributed by atoms with Crippen LogP contribution in [0.4, 0.5) is 5.13 Å². The Balaban J connectivity index is 1.65. The van der Waals surface area contributed by atoms with Gasteiger partial charge in [-0.2, -0.15) is 0 Å². The molecule has 3 rings (SSSR count). The lowest BCUT2D eigenvalue weighted by molar-refractivity contribution is -0.120. The van der Waals surface area contributed by atoms with Crippen LogP contribution in [0.25, 0.3) is 0 Å². The van der Waals surface area contributed by atoms with E-state index < -0.39 is 0 Å². The van der Waals surface area contributed by atoms with Gasteiger partial charge in [0.2, 0.25) is 11.0 Å². The summed E-state index contributed by atoms with van der Waals surface area (Å²) in [4.78, 5) is 12.2. The number of fused-ring (bicyclic) bond motifs is 2. The number of nitrogens with one attached hydrogen (secondary N) is 1. The fourth-order valence-corrected chi connectivity index (χ4v) is 3.55. The Hall–Kier alpha value is -1.23. The Labute approximate surface area is 111 Å². The number of hydrogen-bond acceptors (Lipinski definition) is 4. The molecule has 0 saturated heterocycles. The Kier molecular flexibility index (Phi) is 2.93. The van der Waals surface area contributed by atoms with Crippen LogP contribution in [0.5, 0.6) is 0 Å². The van der Waals surface area contributed by atoms with Crippen molar-refractivity contribution in [2.45, 2.75) is 32.6 Å². The number of hydrogen-bond donors (Lipinski definition) is 1. The fraction of sp³-hybridized carbons (Fsp3) is 0.615. The largest absolute Gasteiger partial charge is 0.300 e. The summed E-state index contributed by atoms with van der Waals surface area (Å²) in [7, 11) is 0. The standard InChI is InChI=1S/C13H17N3OS/c1-7(2)12-15-16-13(18-12)14-11(17)10-6-8-3-4-9(10)5-8/h3-4,7-10H,5-6H2,1-2H3,(H,14,16,17). The second kappa shape index (κ2) is 4.46. The van der Waals surface area contributed by atoms with Gasteiger partial charge in [-0.1, -0.05) is 37.3 Å². The van der Waals surface area contributed by atoms with Crippen molar-refractivity contribution in [1.82, 2.24) is 10.2 Å². The van der Waals surface area contributed by atoms with E-state index in [0.717, 1.165) is 17.8 Å². The first-order valence-corrected chi connectivity index (χ1v) is 7.27. The van der Waals surface area contributed by atoms with Gasteiger partial charge in [-0.05, 0) is 24.7 Å². The Morgan fingerprint density at radius 2 is 2.22 bits per heavy atom. The van der Waals surface area contributed by atoms with E-state index in [9.17, 15) is 4.79 Å². The first kappa shape index (κ1) is 11.8. The highest BCUT2D eigenvalue weighted by Crippen LogP contribution is 2.43. The quantitative estimate of drug-likeness (QED) is 0.853. The normalized spacial score (nSPS) is 29.2. The number of amides is 1. The molecule has 18 heavy (non-hydrogen) atoms. The zero-order chi connectivity index (χ0) is 12.7. The van der Waals surface area contributed by atoms with E-state index in [1.807, 2.05) is 0 Å². The minimum absolute atomic E-state index is 0.110. The summed E-state index contributed by atoms with van der Waals surface area (Å²) >= 11 is 1.48. The van der Waals surface area contributed by atoms with Crippen LogP contribution in [0.2, 0.25) is 0 Å². The maximum Gasteiger partial charge on any atom is 0.229 e. The molecule has 96 valence electrons. The molecule has 1 N–H and O–H groups in total. The summed E-state index contributed by atoms with van der Waals surface area (Å²) in [6, 6.07) is 0. The SMILES string of the molecule is CC(C)c1nnc(NC(=O)C2CC3C=CC2C3)s1. The molecule has 0 radical (unpaired) electrons. The molecule has 1 heterocycles. The molecule has 1 saturated carbocycles. The molecule has 1 aromatic heterocycles. The van der Waals surface area contributed by atoms with Gasteiger partial charge in [-0.3, -0.25) is 4.79 Å². The van der Waals surface area contributed by atoms with Crippen LogP contribution in [0.15, 0.2) is 12.2 Å². The van der Waals surface area contributed by atoms with Crippen molar-refractivity contribution in [1.29, 1.82) is 0 Å². The Morgan fingerprint density at radius 3 is 2.78 bits per heavy atom. The first-order valence-electron chi connectivity index (χ1n) is 6.46. The van der Waals surface area contributed by atoms with E-state index in [1.165, 1.54) is 11.3 Å². The van der Waals surface area contributed by atoms with E-state index in [2.05, 4.69) is 41.5 Å². The van der Waals surface area contributed by atoms with Crippen LogP contribution in [0.1, 0.15) is 37.6 Å². The van der Waals surface area contributed by atoms with Crippen LogP contribution >= 0.6 is 11.3 Å². The molecule has 2 aliphatic rings. The topological polar surface area (TPSA) is 54.9 Å². The zero-order valence-corrected chi connectivity index (χ0v) is 11.4. The monoisotopic (exact) mass is 263 g/mol. The highest BCUT2D eigenvalue weighted by atomic mass is 32.1. The number of carbonyl (C=O) groups is 1. The summed E-state index contributed by atoms with van der Waals surface area (Å²) in [6.07, 6.45) is 6.57. The molecular formula is C13H17N3OS. The maximum absolute atomic E-state index is 12.2.